The van der Waals surface area contributed by atoms with Gasteiger partial charge in [0.1, 0.15) is 0 Å². The molecule has 1 aliphatic rings. The molecule has 0 spiro atoms. The summed E-state index contributed by atoms with van der Waals surface area (Å²) in [6.07, 6.45) is 2.91. The molecule has 2 heteroatoms. The Hall–Kier alpha value is -0.0800. The van der Waals surface area contributed by atoms with E-state index in [1.54, 1.807) is 0 Å². The Morgan fingerprint density at radius 1 is 1.40 bits per heavy atom. The van der Waals surface area contributed by atoms with Gasteiger partial charge in [-0.25, -0.2) is 0 Å². The Balaban J connectivity index is 2.55. The lowest BCUT2D eigenvalue weighted by atomic mass is 9.88. The van der Waals surface area contributed by atoms with E-state index in [4.69, 9.17) is 4.74 Å². The van der Waals surface area contributed by atoms with Crippen LogP contribution in [0.5, 0.6) is 0 Å². The lowest BCUT2D eigenvalue weighted by Gasteiger charge is -2.44. The zero-order chi connectivity index (χ0) is 11.5. The van der Waals surface area contributed by atoms with E-state index in [2.05, 4.69) is 39.9 Å². The molecule has 1 fully saturated rings. The molecule has 0 bridgehead atoms. The van der Waals surface area contributed by atoms with E-state index in [1.807, 2.05) is 0 Å². The second-order valence-electron chi connectivity index (χ2n) is 5.52. The Morgan fingerprint density at radius 2 is 2.07 bits per heavy atom. The van der Waals surface area contributed by atoms with Gasteiger partial charge in [0.2, 0.25) is 0 Å². The first-order valence-electron chi connectivity index (χ1n) is 6.38. The van der Waals surface area contributed by atoms with Gasteiger partial charge in [0.25, 0.3) is 0 Å². The van der Waals surface area contributed by atoms with Crippen molar-refractivity contribution in [1.82, 2.24) is 5.32 Å². The highest BCUT2D eigenvalue weighted by molar-refractivity contribution is 4.89. The molecule has 0 radical (unpaired) electrons. The molecule has 1 heterocycles. The zero-order valence-electron chi connectivity index (χ0n) is 11.0. The average molecular weight is 213 g/mol. The van der Waals surface area contributed by atoms with Gasteiger partial charge in [0.05, 0.1) is 11.7 Å². The van der Waals surface area contributed by atoms with Crippen LogP contribution >= 0.6 is 0 Å². The molecule has 15 heavy (non-hydrogen) atoms. The van der Waals surface area contributed by atoms with Crippen LogP contribution in [0.15, 0.2) is 0 Å². The van der Waals surface area contributed by atoms with E-state index in [1.165, 1.54) is 12.8 Å². The van der Waals surface area contributed by atoms with Crippen LogP contribution in [-0.2, 0) is 4.74 Å². The predicted octanol–water partition coefficient (Wildman–Crippen LogP) is 2.83. The van der Waals surface area contributed by atoms with Crippen molar-refractivity contribution >= 4 is 0 Å². The molecule has 3 atom stereocenters. The van der Waals surface area contributed by atoms with Crippen LogP contribution in [0.2, 0.25) is 0 Å². The van der Waals surface area contributed by atoms with Gasteiger partial charge >= 0.3 is 0 Å². The molecule has 90 valence electrons. The fourth-order valence-electron chi connectivity index (χ4n) is 2.19. The Bertz CT molecular complexity index is 193. The molecule has 1 saturated heterocycles. The molecular weight excluding hydrogens is 186 g/mol. The summed E-state index contributed by atoms with van der Waals surface area (Å²) in [5, 5.41) is 3.52. The van der Waals surface area contributed by atoms with Gasteiger partial charge in [-0.2, -0.15) is 0 Å². The van der Waals surface area contributed by atoms with Gasteiger partial charge in [-0.15, -0.1) is 0 Å². The van der Waals surface area contributed by atoms with Crippen molar-refractivity contribution in [3.05, 3.63) is 0 Å². The molecule has 0 aliphatic carbocycles. The van der Waals surface area contributed by atoms with Crippen molar-refractivity contribution < 1.29 is 4.74 Å². The molecule has 1 aliphatic heterocycles. The fraction of sp³-hybridized carbons (Fsp3) is 1.00. The third-order valence-electron chi connectivity index (χ3n) is 3.84. The third-order valence-corrected chi connectivity index (χ3v) is 3.84. The molecule has 2 nitrogen and oxygen atoms in total. The first kappa shape index (κ1) is 13.0. The summed E-state index contributed by atoms with van der Waals surface area (Å²) < 4.78 is 6.29. The summed E-state index contributed by atoms with van der Waals surface area (Å²) in [5.74, 6) is 1.24. The molecule has 0 amide bonds. The second kappa shape index (κ2) is 5.31. The third kappa shape index (κ3) is 3.18. The van der Waals surface area contributed by atoms with Crippen molar-refractivity contribution in [1.29, 1.82) is 0 Å². The minimum Gasteiger partial charge on any atom is -0.369 e. The quantitative estimate of drug-likeness (QED) is 0.775. The van der Waals surface area contributed by atoms with Crippen molar-refractivity contribution in [3.8, 4) is 0 Å². The first-order valence-corrected chi connectivity index (χ1v) is 6.38. The van der Waals surface area contributed by atoms with Crippen LogP contribution < -0.4 is 5.32 Å². The Labute approximate surface area is 94.8 Å². The number of rotatable bonds is 4. The van der Waals surface area contributed by atoms with Crippen LogP contribution in [0.25, 0.3) is 0 Å². The maximum Gasteiger partial charge on any atom is 0.0805 e. The van der Waals surface area contributed by atoms with E-state index in [0.29, 0.717) is 17.9 Å². The monoisotopic (exact) mass is 213 g/mol. The lowest BCUT2D eigenvalue weighted by Crippen LogP contribution is -2.56. The van der Waals surface area contributed by atoms with E-state index >= 15 is 0 Å². The second-order valence-corrected chi connectivity index (χ2v) is 5.52. The highest BCUT2D eigenvalue weighted by atomic mass is 16.5. The maximum absolute atomic E-state index is 6.29. The molecule has 0 aromatic heterocycles. The van der Waals surface area contributed by atoms with Crippen LogP contribution in [0.3, 0.4) is 0 Å². The standard InChI is InChI=1S/C13H27NO/c1-6-7-11(4)12-8-14-9-13(5,15-12)10(2)3/h10-12,14H,6-9H2,1-5H3. The van der Waals surface area contributed by atoms with Crippen LogP contribution in [0.4, 0.5) is 0 Å². The Kier molecular flexibility index (Phi) is 4.60. The lowest BCUT2D eigenvalue weighted by molar-refractivity contribution is -0.146. The van der Waals surface area contributed by atoms with Crippen molar-refractivity contribution in [2.24, 2.45) is 11.8 Å². The van der Waals surface area contributed by atoms with Crippen molar-refractivity contribution in [2.45, 2.75) is 59.2 Å². The van der Waals surface area contributed by atoms with Crippen LogP contribution in [-0.4, -0.2) is 24.8 Å². The highest BCUT2D eigenvalue weighted by Gasteiger charge is 2.37. The number of nitrogens with one attached hydrogen (secondary N) is 1. The van der Waals surface area contributed by atoms with Crippen LogP contribution in [0, 0.1) is 11.8 Å². The van der Waals surface area contributed by atoms with Crippen molar-refractivity contribution in [3.63, 3.8) is 0 Å². The van der Waals surface area contributed by atoms with Crippen LogP contribution in [0.1, 0.15) is 47.5 Å². The molecule has 1 N–H and O–H groups in total. The molecule has 0 aromatic rings. The minimum atomic E-state index is 0.0188. The van der Waals surface area contributed by atoms with Gasteiger partial charge in [0, 0.05) is 13.1 Å². The summed E-state index contributed by atoms with van der Waals surface area (Å²) in [6, 6.07) is 0. The minimum absolute atomic E-state index is 0.0188. The summed E-state index contributed by atoms with van der Waals surface area (Å²) in [4.78, 5) is 0. The van der Waals surface area contributed by atoms with Gasteiger partial charge in [-0.05, 0) is 25.2 Å². The summed E-state index contributed by atoms with van der Waals surface area (Å²) in [5.41, 5.74) is 0.0188. The fourth-order valence-corrected chi connectivity index (χ4v) is 2.19. The molecule has 3 unspecified atom stereocenters. The van der Waals surface area contributed by atoms with Gasteiger partial charge in [-0.1, -0.05) is 34.1 Å². The smallest absolute Gasteiger partial charge is 0.0805 e. The van der Waals surface area contributed by atoms with Gasteiger partial charge in [0.15, 0.2) is 0 Å². The summed E-state index contributed by atoms with van der Waals surface area (Å²) >= 11 is 0. The number of ether oxygens (including phenoxy) is 1. The molecule has 1 rings (SSSR count). The number of hydrogen-bond acceptors (Lipinski definition) is 2. The zero-order valence-corrected chi connectivity index (χ0v) is 11.0. The Morgan fingerprint density at radius 3 is 2.60 bits per heavy atom. The molecule has 0 saturated carbocycles. The first-order chi connectivity index (χ1) is 6.99. The topological polar surface area (TPSA) is 21.3 Å². The van der Waals surface area contributed by atoms with Gasteiger partial charge < -0.3 is 10.1 Å². The van der Waals surface area contributed by atoms with E-state index in [0.717, 1.165) is 13.1 Å². The van der Waals surface area contributed by atoms with E-state index in [-0.39, 0.29) is 5.60 Å². The molecule has 0 aromatic carbocycles. The summed E-state index contributed by atoms with van der Waals surface area (Å²) in [7, 11) is 0. The van der Waals surface area contributed by atoms with Crippen molar-refractivity contribution in [2.75, 3.05) is 13.1 Å². The van der Waals surface area contributed by atoms with E-state index < -0.39 is 0 Å². The van der Waals surface area contributed by atoms with E-state index in [9.17, 15) is 0 Å². The average Bonchev–Trinajstić information content (AvgIpc) is 2.18. The highest BCUT2D eigenvalue weighted by Crippen LogP contribution is 2.28. The number of hydrogen-bond donors (Lipinski definition) is 1. The predicted molar refractivity (Wildman–Crippen MR) is 65.1 cm³/mol. The normalized spacial score (nSPS) is 34.4. The van der Waals surface area contributed by atoms with Gasteiger partial charge in [-0.3, -0.25) is 0 Å². The summed E-state index contributed by atoms with van der Waals surface area (Å²) in [6.45, 7) is 13.3. The SMILES string of the molecule is CCCC(C)C1CNCC(C)(C(C)C)O1. The number of morpholine rings is 1. The molecular formula is C13H27NO. The largest absolute Gasteiger partial charge is 0.369 e. The maximum atomic E-state index is 6.29.